The van der Waals surface area contributed by atoms with Gasteiger partial charge in [-0.1, -0.05) is 0 Å². The highest BCUT2D eigenvalue weighted by molar-refractivity contribution is 6.28. The first-order valence-corrected chi connectivity index (χ1v) is 2.44. The van der Waals surface area contributed by atoms with Crippen molar-refractivity contribution >= 4 is 11.6 Å². The molecule has 0 spiro atoms. The van der Waals surface area contributed by atoms with Crippen LogP contribution in [0.2, 0.25) is 5.28 Å². The minimum Gasteiger partial charge on any atom is -0.328 e. The van der Waals surface area contributed by atoms with Gasteiger partial charge in [0, 0.05) is 0 Å². The Bertz CT molecular complexity index is 232. The highest BCUT2D eigenvalue weighted by Gasteiger charge is 2.38. The van der Waals surface area contributed by atoms with Gasteiger partial charge in [-0.25, -0.2) is 0 Å². The van der Waals surface area contributed by atoms with Gasteiger partial charge in [-0.05, 0) is 16.8 Å². The molecule has 1 aromatic rings. The molecule has 0 aliphatic rings. The number of rotatable bonds is 0. The van der Waals surface area contributed by atoms with Gasteiger partial charge in [0.15, 0.2) is 0 Å². The van der Waals surface area contributed by atoms with Gasteiger partial charge in [-0.15, -0.1) is 0 Å². The Kier molecular flexibility index (Phi) is 1.55. The zero-order valence-electron chi connectivity index (χ0n) is 4.31. The molecule has 10 heavy (non-hydrogen) atoms. The van der Waals surface area contributed by atoms with E-state index >= 15 is 0 Å². The van der Waals surface area contributed by atoms with Crippen LogP contribution in [0.4, 0.5) is 13.2 Å². The van der Waals surface area contributed by atoms with E-state index in [-0.39, 0.29) is 0 Å². The predicted octanol–water partition coefficient (Wildman–Crippen LogP) is 1.74. The summed E-state index contributed by atoms with van der Waals surface area (Å²) in [5.74, 6) is -1.43. The molecule has 7 heteroatoms. The fourth-order valence-corrected chi connectivity index (χ4v) is 0.432. The topological polar surface area (TPSA) is 38.9 Å². The molecular formula is C3ClF3N2O. The fourth-order valence-electron chi connectivity index (χ4n) is 0.321. The summed E-state index contributed by atoms with van der Waals surface area (Å²) in [6.07, 6.45) is -4.61. The molecule has 3 nitrogen and oxygen atoms in total. The Morgan fingerprint density at radius 1 is 1.40 bits per heavy atom. The standard InChI is InChI=1S/C3ClF3N2O/c4-2-8-1(10-9-2)3(5,6)7. The quantitative estimate of drug-likeness (QED) is 0.598. The molecule has 0 aliphatic heterocycles. The maximum Gasteiger partial charge on any atom is 0.471 e. The van der Waals surface area contributed by atoms with Gasteiger partial charge >= 0.3 is 12.1 Å². The van der Waals surface area contributed by atoms with Crippen LogP contribution < -0.4 is 0 Å². The van der Waals surface area contributed by atoms with Crippen LogP contribution in [-0.2, 0) is 6.18 Å². The van der Waals surface area contributed by atoms with Crippen LogP contribution in [0.5, 0.6) is 0 Å². The van der Waals surface area contributed by atoms with Crippen molar-refractivity contribution in [2.75, 3.05) is 0 Å². The molecule has 0 N–H and O–H groups in total. The average molecular weight is 172 g/mol. The molecule has 0 saturated heterocycles. The normalized spacial score (nSPS) is 12.0. The summed E-state index contributed by atoms with van der Waals surface area (Å²) in [5.41, 5.74) is 0. The van der Waals surface area contributed by atoms with Gasteiger partial charge in [-0.2, -0.15) is 18.2 Å². The number of nitrogens with zero attached hydrogens (tertiary/aromatic N) is 2. The molecule has 56 valence electrons. The van der Waals surface area contributed by atoms with Crippen molar-refractivity contribution in [2.45, 2.75) is 6.18 Å². The van der Waals surface area contributed by atoms with Crippen molar-refractivity contribution in [3.05, 3.63) is 11.2 Å². The maximum absolute atomic E-state index is 11.5. The predicted molar refractivity (Wildman–Crippen MR) is 24.3 cm³/mol. The van der Waals surface area contributed by atoms with Crippen molar-refractivity contribution in [3.8, 4) is 0 Å². The van der Waals surface area contributed by atoms with Gasteiger partial charge in [0.05, 0.1) is 0 Å². The first-order chi connectivity index (χ1) is 4.50. The van der Waals surface area contributed by atoms with E-state index in [1.54, 1.807) is 0 Å². The van der Waals surface area contributed by atoms with Crippen LogP contribution >= 0.6 is 11.6 Å². The van der Waals surface area contributed by atoms with E-state index in [4.69, 9.17) is 11.6 Å². The van der Waals surface area contributed by atoms with Gasteiger partial charge < -0.3 is 4.52 Å². The highest BCUT2D eigenvalue weighted by Crippen LogP contribution is 2.27. The Morgan fingerprint density at radius 3 is 2.20 bits per heavy atom. The monoisotopic (exact) mass is 172 g/mol. The van der Waals surface area contributed by atoms with Crippen molar-refractivity contribution in [1.29, 1.82) is 0 Å². The first-order valence-electron chi connectivity index (χ1n) is 2.06. The van der Waals surface area contributed by atoms with Crippen molar-refractivity contribution in [3.63, 3.8) is 0 Å². The third-order valence-corrected chi connectivity index (χ3v) is 0.797. The van der Waals surface area contributed by atoms with Gasteiger partial charge in [0.2, 0.25) is 0 Å². The molecule has 0 saturated carbocycles. The van der Waals surface area contributed by atoms with E-state index in [0.717, 1.165) is 0 Å². The van der Waals surface area contributed by atoms with Crippen LogP contribution in [0.3, 0.4) is 0 Å². The van der Waals surface area contributed by atoms with Gasteiger partial charge in [0.25, 0.3) is 5.28 Å². The Morgan fingerprint density at radius 2 is 2.00 bits per heavy atom. The molecular weight excluding hydrogens is 172 g/mol. The molecule has 0 bridgehead atoms. The number of alkyl halides is 3. The Balaban J connectivity index is 2.96. The van der Waals surface area contributed by atoms with E-state index in [1.807, 2.05) is 0 Å². The van der Waals surface area contributed by atoms with Gasteiger partial charge in [0.1, 0.15) is 0 Å². The Labute approximate surface area is 57.8 Å². The van der Waals surface area contributed by atoms with Crippen molar-refractivity contribution in [2.24, 2.45) is 0 Å². The summed E-state index contributed by atoms with van der Waals surface area (Å²) in [7, 11) is 0. The number of hydrogen-bond donors (Lipinski definition) is 0. The van der Waals surface area contributed by atoms with E-state index in [0.29, 0.717) is 0 Å². The number of halogens is 4. The highest BCUT2D eigenvalue weighted by atomic mass is 35.5. The lowest BCUT2D eigenvalue weighted by Crippen LogP contribution is -2.04. The zero-order chi connectivity index (χ0) is 7.78. The Hall–Kier alpha value is -0.780. The lowest BCUT2D eigenvalue weighted by atomic mass is 10.7. The summed E-state index contributed by atoms with van der Waals surface area (Å²) >= 11 is 4.95. The van der Waals surface area contributed by atoms with Crippen LogP contribution in [-0.4, -0.2) is 10.1 Å². The fraction of sp³-hybridized carbons (Fsp3) is 0.333. The first kappa shape index (κ1) is 7.33. The molecule has 0 fully saturated rings. The van der Waals surface area contributed by atoms with E-state index in [9.17, 15) is 13.2 Å². The van der Waals surface area contributed by atoms with E-state index < -0.39 is 17.4 Å². The van der Waals surface area contributed by atoms with Crippen LogP contribution in [0.1, 0.15) is 5.89 Å². The average Bonchev–Trinajstić information content (AvgIpc) is 2.11. The third-order valence-electron chi connectivity index (χ3n) is 0.644. The summed E-state index contributed by atoms with van der Waals surface area (Å²) in [6, 6.07) is 0. The summed E-state index contributed by atoms with van der Waals surface area (Å²) in [4.78, 5) is 2.74. The zero-order valence-corrected chi connectivity index (χ0v) is 5.07. The SMILES string of the molecule is FC(F)(F)c1nc(Cl)no1. The minimum atomic E-state index is -4.61. The van der Waals surface area contributed by atoms with Crippen molar-refractivity contribution < 1.29 is 17.7 Å². The van der Waals surface area contributed by atoms with Crippen molar-refractivity contribution in [1.82, 2.24) is 10.1 Å². The second-order valence-corrected chi connectivity index (χ2v) is 1.70. The molecule has 0 aliphatic carbocycles. The lowest BCUT2D eigenvalue weighted by molar-refractivity contribution is -0.159. The van der Waals surface area contributed by atoms with Gasteiger partial charge in [-0.3, -0.25) is 0 Å². The smallest absolute Gasteiger partial charge is 0.328 e. The largest absolute Gasteiger partial charge is 0.471 e. The van der Waals surface area contributed by atoms with E-state index in [1.165, 1.54) is 0 Å². The maximum atomic E-state index is 11.5. The summed E-state index contributed by atoms with van der Waals surface area (Å²) < 4.78 is 38.3. The van der Waals surface area contributed by atoms with Crippen LogP contribution in [0.15, 0.2) is 4.52 Å². The summed E-state index contributed by atoms with van der Waals surface area (Å²) in [6.45, 7) is 0. The second-order valence-electron chi connectivity index (χ2n) is 1.37. The van der Waals surface area contributed by atoms with Crippen LogP contribution in [0.25, 0.3) is 0 Å². The molecule has 0 amide bonds. The number of aromatic nitrogens is 2. The second kappa shape index (κ2) is 2.12. The molecule has 1 rings (SSSR count). The molecule has 1 heterocycles. The molecule has 0 unspecified atom stereocenters. The molecule has 1 aromatic heterocycles. The molecule has 0 aromatic carbocycles. The summed E-state index contributed by atoms with van der Waals surface area (Å²) in [5, 5.41) is 2.19. The minimum absolute atomic E-state index is 0.549. The molecule has 0 atom stereocenters. The van der Waals surface area contributed by atoms with Crippen LogP contribution in [0, 0.1) is 0 Å². The number of hydrogen-bond acceptors (Lipinski definition) is 3. The molecule has 0 radical (unpaired) electrons. The lowest BCUT2D eigenvalue weighted by Gasteiger charge is -1.95. The third kappa shape index (κ3) is 1.38. The van der Waals surface area contributed by atoms with E-state index in [2.05, 4.69) is 14.7 Å².